The van der Waals surface area contributed by atoms with E-state index < -0.39 is 0 Å². The number of nitrogens with zero attached hydrogens (tertiary/aromatic N) is 1. The lowest BCUT2D eigenvalue weighted by Gasteiger charge is -2.10. The van der Waals surface area contributed by atoms with Crippen molar-refractivity contribution in [1.82, 2.24) is 9.88 Å². The van der Waals surface area contributed by atoms with Crippen molar-refractivity contribution in [2.75, 3.05) is 6.54 Å². The van der Waals surface area contributed by atoms with E-state index in [-0.39, 0.29) is 6.10 Å². The van der Waals surface area contributed by atoms with Crippen molar-refractivity contribution >= 4 is 10.9 Å². The van der Waals surface area contributed by atoms with Crippen LogP contribution < -0.4 is 5.32 Å². The highest BCUT2D eigenvalue weighted by Gasteiger charge is 2.06. The molecular weight excluding hydrogens is 224 g/mol. The van der Waals surface area contributed by atoms with Crippen LogP contribution in [0.15, 0.2) is 30.5 Å². The fourth-order valence-electron chi connectivity index (χ4n) is 2.38. The first-order valence-electron chi connectivity index (χ1n) is 6.64. The van der Waals surface area contributed by atoms with Crippen LogP contribution in [0.4, 0.5) is 0 Å². The quantitative estimate of drug-likeness (QED) is 0.821. The number of aliphatic hydroxyl groups excluding tert-OH is 1. The summed E-state index contributed by atoms with van der Waals surface area (Å²) in [6, 6.07) is 8.40. The average Bonchev–Trinajstić information content (AvgIpc) is 2.68. The minimum atomic E-state index is -0.232. The fraction of sp³-hybridized carbons (Fsp3) is 0.467. The molecule has 0 saturated heterocycles. The second kappa shape index (κ2) is 6.03. The highest BCUT2D eigenvalue weighted by molar-refractivity contribution is 5.83. The molecule has 1 aromatic carbocycles. The first kappa shape index (κ1) is 13.1. The Morgan fingerprint density at radius 1 is 1.33 bits per heavy atom. The lowest BCUT2D eigenvalue weighted by molar-refractivity contribution is 0.160. The van der Waals surface area contributed by atoms with Crippen molar-refractivity contribution in [3.8, 4) is 0 Å². The van der Waals surface area contributed by atoms with Crippen molar-refractivity contribution in [3.63, 3.8) is 0 Å². The maximum atomic E-state index is 9.68. The molecule has 2 N–H and O–H groups in total. The Labute approximate surface area is 108 Å². The van der Waals surface area contributed by atoms with E-state index in [0.29, 0.717) is 6.54 Å². The first-order valence-corrected chi connectivity index (χ1v) is 6.64. The molecule has 0 radical (unpaired) electrons. The van der Waals surface area contributed by atoms with E-state index in [4.69, 9.17) is 0 Å². The molecular formula is C15H22N2O. The standard InChI is InChI=1S/C15H22N2O/c1-3-6-13(18)10-16-9-12-11-17(2)15-8-5-4-7-14(12)15/h4-5,7-8,11,13,16,18H,3,6,9-10H2,1-2H3. The van der Waals surface area contributed by atoms with Crippen molar-refractivity contribution < 1.29 is 5.11 Å². The molecule has 3 heteroatoms. The van der Waals surface area contributed by atoms with Gasteiger partial charge in [-0.1, -0.05) is 31.5 Å². The number of aromatic nitrogens is 1. The van der Waals surface area contributed by atoms with Gasteiger partial charge in [-0.3, -0.25) is 0 Å². The zero-order valence-electron chi connectivity index (χ0n) is 11.2. The van der Waals surface area contributed by atoms with Crippen molar-refractivity contribution in [2.45, 2.75) is 32.4 Å². The number of hydrogen-bond donors (Lipinski definition) is 2. The smallest absolute Gasteiger partial charge is 0.0664 e. The van der Waals surface area contributed by atoms with Gasteiger partial charge in [0.1, 0.15) is 0 Å². The van der Waals surface area contributed by atoms with E-state index in [2.05, 4.69) is 54.3 Å². The number of nitrogens with one attached hydrogen (secondary N) is 1. The Hall–Kier alpha value is -1.32. The molecule has 1 heterocycles. The summed E-state index contributed by atoms with van der Waals surface area (Å²) in [4.78, 5) is 0. The van der Waals surface area contributed by atoms with Gasteiger partial charge in [0.05, 0.1) is 6.10 Å². The van der Waals surface area contributed by atoms with Crippen LogP contribution in [0.25, 0.3) is 10.9 Å². The number of rotatable bonds is 6. The zero-order valence-corrected chi connectivity index (χ0v) is 11.2. The highest BCUT2D eigenvalue weighted by Crippen LogP contribution is 2.19. The predicted molar refractivity (Wildman–Crippen MR) is 75.5 cm³/mol. The highest BCUT2D eigenvalue weighted by atomic mass is 16.3. The Morgan fingerprint density at radius 2 is 2.11 bits per heavy atom. The fourth-order valence-corrected chi connectivity index (χ4v) is 2.38. The maximum Gasteiger partial charge on any atom is 0.0664 e. The largest absolute Gasteiger partial charge is 0.392 e. The topological polar surface area (TPSA) is 37.2 Å². The van der Waals surface area contributed by atoms with Gasteiger partial charge in [0, 0.05) is 37.2 Å². The predicted octanol–water partition coefficient (Wildman–Crippen LogP) is 2.43. The van der Waals surface area contributed by atoms with E-state index in [0.717, 1.165) is 19.4 Å². The summed E-state index contributed by atoms with van der Waals surface area (Å²) >= 11 is 0. The van der Waals surface area contributed by atoms with E-state index in [1.165, 1.54) is 16.5 Å². The molecule has 0 aliphatic rings. The summed E-state index contributed by atoms with van der Waals surface area (Å²) in [5.41, 5.74) is 2.54. The number of hydrogen-bond acceptors (Lipinski definition) is 2. The molecule has 0 aliphatic carbocycles. The summed E-state index contributed by atoms with van der Waals surface area (Å²) < 4.78 is 2.15. The van der Waals surface area contributed by atoms with E-state index >= 15 is 0 Å². The van der Waals surface area contributed by atoms with Gasteiger partial charge in [0.15, 0.2) is 0 Å². The molecule has 2 aromatic rings. The van der Waals surface area contributed by atoms with Gasteiger partial charge >= 0.3 is 0 Å². The molecule has 1 atom stereocenters. The van der Waals surface area contributed by atoms with Gasteiger partial charge in [-0.25, -0.2) is 0 Å². The third kappa shape index (κ3) is 2.92. The Balaban J connectivity index is 2.00. The van der Waals surface area contributed by atoms with Gasteiger partial charge in [-0.05, 0) is 18.1 Å². The third-order valence-corrected chi connectivity index (χ3v) is 3.30. The summed E-state index contributed by atoms with van der Waals surface area (Å²) in [5.74, 6) is 0. The molecule has 98 valence electrons. The van der Waals surface area contributed by atoms with Crippen LogP contribution >= 0.6 is 0 Å². The van der Waals surface area contributed by atoms with Crippen LogP contribution in [0.1, 0.15) is 25.3 Å². The monoisotopic (exact) mass is 246 g/mol. The van der Waals surface area contributed by atoms with Gasteiger partial charge in [0.25, 0.3) is 0 Å². The summed E-state index contributed by atoms with van der Waals surface area (Å²) in [7, 11) is 2.07. The van der Waals surface area contributed by atoms with E-state index in [1.54, 1.807) is 0 Å². The van der Waals surface area contributed by atoms with Crippen LogP contribution in [0.3, 0.4) is 0 Å². The van der Waals surface area contributed by atoms with Crippen molar-refractivity contribution in [2.24, 2.45) is 7.05 Å². The molecule has 0 saturated carbocycles. The average molecular weight is 246 g/mol. The van der Waals surface area contributed by atoms with E-state index in [1.807, 2.05) is 0 Å². The number of para-hydroxylation sites is 1. The van der Waals surface area contributed by atoms with E-state index in [9.17, 15) is 5.11 Å². The van der Waals surface area contributed by atoms with Gasteiger partial charge in [-0.2, -0.15) is 0 Å². The molecule has 18 heavy (non-hydrogen) atoms. The van der Waals surface area contributed by atoms with Gasteiger partial charge in [0.2, 0.25) is 0 Å². The number of fused-ring (bicyclic) bond motifs is 1. The SMILES string of the molecule is CCCC(O)CNCc1cn(C)c2ccccc12. The molecule has 0 amide bonds. The zero-order chi connectivity index (χ0) is 13.0. The first-order chi connectivity index (χ1) is 8.72. The number of benzene rings is 1. The van der Waals surface area contributed by atoms with Crippen LogP contribution in [-0.4, -0.2) is 22.3 Å². The van der Waals surface area contributed by atoms with Crippen molar-refractivity contribution in [1.29, 1.82) is 0 Å². The molecule has 0 aliphatic heterocycles. The Bertz CT molecular complexity index is 504. The molecule has 0 bridgehead atoms. The molecule has 2 rings (SSSR count). The van der Waals surface area contributed by atoms with Crippen molar-refractivity contribution in [3.05, 3.63) is 36.0 Å². The van der Waals surface area contributed by atoms with Crippen LogP contribution in [0, 0.1) is 0 Å². The maximum absolute atomic E-state index is 9.68. The number of aliphatic hydroxyl groups is 1. The summed E-state index contributed by atoms with van der Waals surface area (Å²) in [6.07, 6.45) is 3.81. The lowest BCUT2D eigenvalue weighted by atomic mass is 10.1. The molecule has 3 nitrogen and oxygen atoms in total. The molecule has 1 aromatic heterocycles. The molecule has 1 unspecified atom stereocenters. The molecule has 0 fully saturated rings. The second-order valence-electron chi connectivity index (χ2n) is 4.86. The summed E-state index contributed by atoms with van der Waals surface area (Å²) in [5, 5.41) is 14.3. The van der Waals surface area contributed by atoms with Crippen LogP contribution in [0.2, 0.25) is 0 Å². The Morgan fingerprint density at radius 3 is 2.89 bits per heavy atom. The van der Waals surface area contributed by atoms with Gasteiger partial charge < -0.3 is 15.0 Å². The minimum absolute atomic E-state index is 0.232. The Kier molecular flexibility index (Phi) is 4.39. The molecule has 0 spiro atoms. The van der Waals surface area contributed by atoms with Crippen LogP contribution in [0.5, 0.6) is 0 Å². The summed E-state index contributed by atoms with van der Waals surface area (Å²) in [6.45, 7) is 3.56. The van der Waals surface area contributed by atoms with Gasteiger partial charge in [-0.15, -0.1) is 0 Å². The lowest BCUT2D eigenvalue weighted by Crippen LogP contribution is -2.26. The normalized spacial score (nSPS) is 13.1. The third-order valence-electron chi connectivity index (χ3n) is 3.30. The number of aryl methyl sites for hydroxylation is 1. The minimum Gasteiger partial charge on any atom is -0.392 e. The second-order valence-corrected chi connectivity index (χ2v) is 4.86. The van der Waals surface area contributed by atoms with Crippen LogP contribution in [-0.2, 0) is 13.6 Å².